The van der Waals surface area contributed by atoms with Gasteiger partial charge in [-0.05, 0) is 68.1 Å². The zero-order valence-electron chi connectivity index (χ0n) is 17.9. The van der Waals surface area contributed by atoms with Gasteiger partial charge in [-0.15, -0.1) is 0 Å². The first-order valence-electron chi connectivity index (χ1n) is 10.4. The molecule has 0 spiro atoms. The lowest BCUT2D eigenvalue weighted by Crippen LogP contribution is -2.41. The van der Waals surface area contributed by atoms with Gasteiger partial charge in [0, 0.05) is 19.0 Å². The second-order valence-electron chi connectivity index (χ2n) is 7.93. The zero-order chi connectivity index (χ0) is 21.8. The number of halogens is 1. The Bertz CT molecular complexity index is 928. The molecule has 6 heteroatoms. The minimum absolute atomic E-state index is 0.0194. The van der Waals surface area contributed by atoms with E-state index < -0.39 is 6.10 Å². The Morgan fingerprint density at radius 1 is 1.20 bits per heavy atom. The van der Waals surface area contributed by atoms with Crippen LogP contribution in [0.3, 0.4) is 0 Å². The monoisotopic (exact) mass is 412 g/mol. The van der Waals surface area contributed by atoms with E-state index in [4.69, 9.17) is 4.74 Å². The largest absolute Gasteiger partial charge is 0.481 e. The number of nitrogens with zero attached hydrogens (tertiary/aromatic N) is 1. The molecule has 0 saturated heterocycles. The molecule has 30 heavy (non-hydrogen) atoms. The maximum absolute atomic E-state index is 14.0. The molecule has 2 aromatic carbocycles. The number of carbonyl (C=O) groups is 2. The zero-order valence-corrected chi connectivity index (χ0v) is 17.9. The summed E-state index contributed by atoms with van der Waals surface area (Å²) in [6.45, 7) is 7.90. The lowest BCUT2D eigenvalue weighted by Gasteiger charge is -2.38. The molecule has 0 bridgehead atoms. The van der Waals surface area contributed by atoms with Gasteiger partial charge in [-0.1, -0.05) is 25.1 Å². The molecule has 1 heterocycles. The first-order chi connectivity index (χ1) is 14.3. The first-order valence-corrected chi connectivity index (χ1v) is 10.4. The predicted molar refractivity (Wildman–Crippen MR) is 114 cm³/mol. The van der Waals surface area contributed by atoms with Crippen LogP contribution < -0.4 is 10.1 Å². The van der Waals surface area contributed by atoms with E-state index in [2.05, 4.69) is 5.32 Å². The Balaban J connectivity index is 1.97. The molecule has 0 aliphatic carbocycles. The van der Waals surface area contributed by atoms with E-state index in [1.54, 1.807) is 17.9 Å². The Morgan fingerprint density at radius 3 is 2.63 bits per heavy atom. The number of rotatable bonds is 6. The molecule has 0 aromatic heterocycles. The smallest absolute Gasteiger partial charge is 0.260 e. The molecule has 2 aromatic rings. The maximum atomic E-state index is 14.0. The fraction of sp³-hybridized carbons (Fsp3) is 0.417. The number of ether oxygens (including phenoxy) is 1. The lowest BCUT2D eigenvalue weighted by atomic mass is 9.87. The van der Waals surface area contributed by atoms with Gasteiger partial charge in [-0.3, -0.25) is 9.59 Å². The molecule has 1 aliphatic rings. The number of benzene rings is 2. The Morgan fingerprint density at radius 2 is 1.97 bits per heavy atom. The summed E-state index contributed by atoms with van der Waals surface area (Å²) in [5.41, 5.74) is 2.72. The topological polar surface area (TPSA) is 58.6 Å². The summed E-state index contributed by atoms with van der Waals surface area (Å²) in [6, 6.07) is 11.7. The van der Waals surface area contributed by atoms with Gasteiger partial charge in [0.15, 0.2) is 6.10 Å². The predicted octanol–water partition coefficient (Wildman–Crippen LogP) is 4.00. The van der Waals surface area contributed by atoms with Crippen LogP contribution in [0.1, 0.15) is 56.8 Å². The summed E-state index contributed by atoms with van der Waals surface area (Å²) < 4.78 is 19.9. The van der Waals surface area contributed by atoms with E-state index in [-0.39, 0.29) is 29.7 Å². The van der Waals surface area contributed by atoms with Crippen molar-refractivity contribution in [3.05, 3.63) is 65.0 Å². The van der Waals surface area contributed by atoms with Gasteiger partial charge in [0.1, 0.15) is 11.6 Å². The summed E-state index contributed by atoms with van der Waals surface area (Å²) in [5, 5.41) is 2.84. The van der Waals surface area contributed by atoms with Crippen molar-refractivity contribution in [2.24, 2.45) is 0 Å². The first kappa shape index (κ1) is 21.8. The molecule has 0 fully saturated rings. The minimum atomic E-state index is -0.657. The number of hydrogen-bond acceptors (Lipinski definition) is 3. The van der Waals surface area contributed by atoms with Gasteiger partial charge in [-0.2, -0.15) is 0 Å². The van der Waals surface area contributed by atoms with Crippen LogP contribution in [-0.4, -0.2) is 35.4 Å². The molecular formula is C24H29FN2O3. The fourth-order valence-electron chi connectivity index (χ4n) is 3.83. The molecule has 5 nitrogen and oxygen atoms in total. The molecule has 0 saturated carbocycles. The standard InChI is InChI=1S/C24H29FN2O3/c1-5-22(28)27-12-11-17-9-10-20(30-16(4)24(29)26-15(2)3)14-21(17)23(27)18-7-6-8-19(25)13-18/h6-10,13-16,23H,5,11-12H2,1-4H3,(H,26,29)/t16-,23+/m0/s1. The highest BCUT2D eigenvalue weighted by Gasteiger charge is 2.32. The van der Waals surface area contributed by atoms with Crippen molar-refractivity contribution < 1.29 is 18.7 Å². The molecule has 2 amide bonds. The van der Waals surface area contributed by atoms with Gasteiger partial charge in [0.25, 0.3) is 5.91 Å². The molecule has 0 radical (unpaired) electrons. The maximum Gasteiger partial charge on any atom is 0.260 e. The Hall–Kier alpha value is -2.89. The van der Waals surface area contributed by atoms with E-state index >= 15 is 0 Å². The van der Waals surface area contributed by atoms with Gasteiger partial charge in [0.2, 0.25) is 5.91 Å². The molecule has 1 aliphatic heterocycles. The van der Waals surface area contributed by atoms with Crippen molar-refractivity contribution in [2.75, 3.05) is 6.54 Å². The molecular weight excluding hydrogens is 383 g/mol. The molecule has 1 N–H and O–H groups in total. The van der Waals surface area contributed by atoms with Crippen molar-refractivity contribution in [1.82, 2.24) is 10.2 Å². The van der Waals surface area contributed by atoms with Crippen LogP contribution in [0.2, 0.25) is 0 Å². The van der Waals surface area contributed by atoms with Gasteiger partial charge in [-0.25, -0.2) is 4.39 Å². The molecule has 160 valence electrons. The quantitative estimate of drug-likeness (QED) is 0.780. The van der Waals surface area contributed by atoms with Crippen LogP contribution in [0.25, 0.3) is 0 Å². The summed E-state index contributed by atoms with van der Waals surface area (Å²) in [6.07, 6.45) is 0.440. The lowest BCUT2D eigenvalue weighted by molar-refractivity contribution is -0.133. The summed E-state index contributed by atoms with van der Waals surface area (Å²) >= 11 is 0. The van der Waals surface area contributed by atoms with Crippen molar-refractivity contribution in [1.29, 1.82) is 0 Å². The van der Waals surface area contributed by atoms with Crippen LogP contribution in [0.15, 0.2) is 42.5 Å². The second kappa shape index (κ2) is 9.28. The third-order valence-corrected chi connectivity index (χ3v) is 5.25. The van der Waals surface area contributed by atoms with Crippen molar-refractivity contribution >= 4 is 11.8 Å². The third-order valence-electron chi connectivity index (χ3n) is 5.25. The van der Waals surface area contributed by atoms with E-state index in [0.29, 0.717) is 18.7 Å². The normalized spacial score (nSPS) is 16.7. The number of hydrogen-bond donors (Lipinski definition) is 1. The number of nitrogens with one attached hydrogen (secondary N) is 1. The number of amides is 2. The minimum Gasteiger partial charge on any atom is -0.481 e. The van der Waals surface area contributed by atoms with Crippen LogP contribution in [-0.2, 0) is 16.0 Å². The highest BCUT2D eigenvalue weighted by molar-refractivity contribution is 5.81. The van der Waals surface area contributed by atoms with Crippen molar-refractivity contribution in [3.63, 3.8) is 0 Å². The van der Waals surface area contributed by atoms with E-state index in [1.165, 1.54) is 12.1 Å². The van der Waals surface area contributed by atoms with Gasteiger partial charge in [0.05, 0.1) is 6.04 Å². The van der Waals surface area contributed by atoms with Crippen LogP contribution in [0, 0.1) is 5.82 Å². The third kappa shape index (κ3) is 4.81. The molecule has 2 atom stereocenters. The summed E-state index contributed by atoms with van der Waals surface area (Å²) in [5.74, 6) is 0.0420. The summed E-state index contributed by atoms with van der Waals surface area (Å²) in [7, 11) is 0. The van der Waals surface area contributed by atoms with Crippen molar-refractivity contribution in [2.45, 2.75) is 58.7 Å². The van der Waals surface area contributed by atoms with E-state index in [9.17, 15) is 14.0 Å². The van der Waals surface area contributed by atoms with Gasteiger partial charge < -0.3 is 15.0 Å². The number of carbonyl (C=O) groups excluding carboxylic acids is 2. The SMILES string of the molecule is CCC(=O)N1CCc2ccc(O[C@@H](C)C(=O)NC(C)C)cc2[C@H]1c1cccc(F)c1. The highest BCUT2D eigenvalue weighted by atomic mass is 19.1. The summed E-state index contributed by atoms with van der Waals surface area (Å²) in [4.78, 5) is 26.7. The molecule has 0 unspecified atom stereocenters. The van der Waals surface area contributed by atoms with Crippen LogP contribution in [0.4, 0.5) is 4.39 Å². The van der Waals surface area contributed by atoms with Crippen LogP contribution >= 0.6 is 0 Å². The highest BCUT2D eigenvalue weighted by Crippen LogP contribution is 2.37. The van der Waals surface area contributed by atoms with E-state index in [1.807, 2.05) is 45.0 Å². The average molecular weight is 413 g/mol. The van der Waals surface area contributed by atoms with Gasteiger partial charge >= 0.3 is 0 Å². The molecule has 3 rings (SSSR count). The second-order valence-corrected chi connectivity index (χ2v) is 7.93. The average Bonchev–Trinajstić information content (AvgIpc) is 2.71. The van der Waals surface area contributed by atoms with Crippen LogP contribution in [0.5, 0.6) is 5.75 Å². The van der Waals surface area contributed by atoms with E-state index in [0.717, 1.165) is 23.1 Å². The number of fused-ring (bicyclic) bond motifs is 1. The Kier molecular flexibility index (Phi) is 6.75. The fourth-order valence-corrected chi connectivity index (χ4v) is 3.83. The Labute approximate surface area is 177 Å². The van der Waals surface area contributed by atoms with Crippen molar-refractivity contribution in [3.8, 4) is 5.75 Å².